The second kappa shape index (κ2) is 5.47. The summed E-state index contributed by atoms with van der Waals surface area (Å²) in [7, 11) is 2.09. The molecule has 3 nitrogen and oxygen atoms in total. The van der Waals surface area contributed by atoms with Gasteiger partial charge in [0.25, 0.3) is 0 Å². The largest absolute Gasteiger partial charge is 0.478 e. The number of nitrogens with zero attached hydrogens (tertiary/aromatic N) is 1. The first-order chi connectivity index (χ1) is 8.99. The first-order valence-electron chi connectivity index (χ1n) is 6.73. The lowest BCUT2D eigenvalue weighted by atomic mass is 10.1. The van der Waals surface area contributed by atoms with E-state index in [1.54, 1.807) is 6.08 Å². The number of anilines is 1. The molecule has 19 heavy (non-hydrogen) atoms. The molecule has 0 saturated heterocycles. The fraction of sp³-hybridized carbons (Fsp3) is 0.438. The quantitative estimate of drug-likeness (QED) is 0.825. The molecule has 0 radical (unpaired) electrons. The molecule has 1 fully saturated rings. The van der Waals surface area contributed by atoms with Crippen LogP contribution in [-0.2, 0) is 4.79 Å². The molecule has 3 heteroatoms. The summed E-state index contributed by atoms with van der Waals surface area (Å²) in [4.78, 5) is 13.0. The average molecular weight is 259 g/mol. The van der Waals surface area contributed by atoms with Crippen LogP contribution in [0.1, 0.15) is 30.9 Å². The van der Waals surface area contributed by atoms with E-state index < -0.39 is 5.97 Å². The summed E-state index contributed by atoms with van der Waals surface area (Å²) in [5, 5.41) is 8.78. The summed E-state index contributed by atoms with van der Waals surface area (Å²) in [6.45, 7) is 4.26. The maximum absolute atomic E-state index is 10.7. The van der Waals surface area contributed by atoms with Crippen molar-refractivity contribution in [1.29, 1.82) is 0 Å². The van der Waals surface area contributed by atoms with Crippen molar-refractivity contribution in [2.75, 3.05) is 11.9 Å². The molecular weight excluding hydrogens is 238 g/mol. The Morgan fingerprint density at radius 2 is 2.16 bits per heavy atom. The van der Waals surface area contributed by atoms with E-state index in [2.05, 4.69) is 31.0 Å². The van der Waals surface area contributed by atoms with Gasteiger partial charge in [0.05, 0.1) is 0 Å². The Labute approximate surface area is 114 Å². The number of hydrogen-bond acceptors (Lipinski definition) is 2. The number of hydrogen-bond donors (Lipinski definition) is 1. The highest BCUT2D eigenvalue weighted by atomic mass is 16.4. The zero-order chi connectivity index (χ0) is 14.0. The van der Waals surface area contributed by atoms with Crippen LogP contribution in [0, 0.1) is 12.8 Å². The number of rotatable bonds is 5. The van der Waals surface area contributed by atoms with Crippen LogP contribution >= 0.6 is 0 Å². The van der Waals surface area contributed by atoms with E-state index in [4.69, 9.17) is 5.11 Å². The Bertz CT molecular complexity index is 503. The molecule has 1 atom stereocenters. The van der Waals surface area contributed by atoms with E-state index in [0.717, 1.165) is 22.7 Å². The van der Waals surface area contributed by atoms with Crippen LogP contribution in [0.4, 0.5) is 5.69 Å². The van der Waals surface area contributed by atoms with Gasteiger partial charge in [0.2, 0.25) is 0 Å². The monoisotopic (exact) mass is 259 g/mol. The van der Waals surface area contributed by atoms with Crippen LogP contribution in [0.15, 0.2) is 24.3 Å². The van der Waals surface area contributed by atoms with Gasteiger partial charge >= 0.3 is 5.97 Å². The van der Waals surface area contributed by atoms with Gasteiger partial charge in [-0.3, -0.25) is 0 Å². The predicted octanol–water partition coefficient (Wildman–Crippen LogP) is 3.33. The third-order valence-electron chi connectivity index (χ3n) is 3.88. The van der Waals surface area contributed by atoms with E-state index in [1.807, 2.05) is 13.0 Å². The fourth-order valence-electron chi connectivity index (χ4n) is 2.40. The van der Waals surface area contributed by atoms with Crippen molar-refractivity contribution in [3.05, 3.63) is 35.4 Å². The van der Waals surface area contributed by atoms with E-state index >= 15 is 0 Å². The zero-order valence-corrected chi connectivity index (χ0v) is 11.8. The van der Waals surface area contributed by atoms with E-state index in [0.29, 0.717) is 6.04 Å². The lowest BCUT2D eigenvalue weighted by Gasteiger charge is -2.28. The minimum Gasteiger partial charge on any atom is -0.478 e. The van der Waals surface area contributed by atoms with Gasteiger partial charge in [-0.1, -0.05) is 11.6 Å². The maximum atomic E-state index is 10.7. The highest BCUT2D eigenvalue weighted by molar-refractivity contribution is 5.87. The molecule has 0 spiro atoms. The highest BCUT2D eigenvalue weighted by Gasteiger charge is 2.31. The molecule has 1 unspecified atom stereocenters. The Morgan fingerprint density at radius 3 is 2.74 bits per heavy atom. The Morgan fingerprint density at radius 1 is 1.47 bits per heavy atom. The van der Waals surface area contributed by atoms with Gasteiger partial charge in [0.15, 0.2) is 0 Å². The van der Waals surface area contributed by atoms with Gasteiger partial charge in [0.1, 0.15) is 0 Å². The second-order valence-electron chi connectivity index (χ2n) is 5.42. The van der Waals surface area contributed by atoms with Crippen LogP contribution in [0.5, 0.6) is 0 Å². The topological polar surface area (TPSA) is 40.5 Å². The number of carbonyl (C=O) groups is 1. The van der Waals surface area contributed by atoms with Gasteiger partial charge in [0, 0.05) is 24.9 Å². The summed E-state index contributed by atoms with van der Waals surface area (Å²) < 4.78 is 0. The third kappa shape index (κ3) is 3.37. The third-order valence-corrected chi connectivity index (χ3v) is 3.88. The van der Waals surface area contributed by atoms with Gasteiger partial charge in [-0.15, -0.1) is 0 Å². The highest BCUT2D eigenvalue weighted by Crippen LogP contribution is 2.37. The van der Waals surface area contributed by atoms with Crippen LogP contribution in [-0.4, -0.2) is 24.2 Å². The first-order valence-corrected chi connectivity index (χ1v) is 6.73. The van der Waals surface area contributed by atoms with Crippen LogP contribution in [0.25, 0.3) is 6.08 Å². The van der Waals surface area contributed by atoms with Crippen molar-refractivity contribution in [3.8, 4) is 0 Å². The molecule has 1 N–H and O–H groups in total. The van der Waals surface area contributed by atoms with Crippen molar-refractivity contribution in [2.24, 2.45) is 5.92 Å². The molecule has 1 saturated carbocycles. The molecule has 0 aliphatic heterocycles. The number of benzene rings is 1. The molecule has 2 rings (SSSR count). The molecule has 102 valence electrons. The maximum Gasteiger partial charge on any atom is 0.328 e. The number of carboxylic acids is 1. The minimum atomic E-state index is -0.912. The molecule has 1 aromatic carbocycles. The normalized spacial score (nSPS) is 16.6. The van der Waals surface area contributed by atoms with E-state index in [-0.39, 0.29) is 0 Å². The Hall–Kier alpha value is -1.77. The lowest BCUT2D eigenvalue weighted by molar-refractivity contribution is -0.131. The van der Waals surface area contributed by atoms with E-state index in [1.165, 1.54) is 18.9 Å². The lowest BCUT2D eigenvalue weighted by Crippen LogP contribution is -2.31. The molecule has 0 heterocycles. The van der Waals surface area contributed by atoms with Crippen molar-refractivity contribution in [1.82, 2.24) is 0 Å². The average Bonchev–Trinajstić information content (AvgIpc) is 3.19. The van der Waals surface area contributed by atoms with E-state index in [9.17, 15) is 4.79 Å². The van der Waals surface area contributed by atoms with Gasteiger partial charge < -0.3 is 10.0 Å². The zero-order valence-electron chi connectivity index (χ0n) is 11.8. The number of carboxylic acid groups (broad SMARTS) is 1. The molecule has 1 aliphatic rings. The first kappa shape index (κ1) is 13.7. The minimum absolute atomic E-state index is 0.500. The Kier molecular flexibility index (Phi) is 3.93. The van der Waals surface area contributed by atoms with Crippen molar-refractivity contribution >= 4 is 17.7 Å². The summed E-state index contributed by atoms with van der Waals surface area (Å²) in [6.07, 6.45) is 5.49. The molecule has 1 aliphatic carbocycles. The van der Waals surface area contributed by atoms with Gasteiger partial charge in [-0.05, 0) is 56.4 Å². The smallest absolute Gasteiger partial charge is 0.328 e. The van der Waals surface area contributed by atoms with Crippen LogP contribution in [0.2, 0.25) is 0 Å². The molecule has 1 aromatic rings. The fourth-order valence-corrected chi connectivity index (χ4v) is 2.40. The molecule has 0 aromatic heterocycles. The molecule has 0 bridgehead atoms. The summed E-state index contributed by atoms with van der Waals surface area (Å²) >= 11 is 0. The number of aryl methyl sites for hydroxylation is 1. The van der Waals surface area contributed by atoms with Crippen molar-refractivity contribution in [3.63, 3.8) is 0 Å². The number of aliphatic carboxylic acids is 1. The summed E-state index contributed by atoms with van der Waals surface area (Å²) in [6, 6.07) is 6.68. The van der Waals surface area contributed by atoms with Crippen molar-refractivity contribution in [2.45, 2.75) is 32.7 Å². The predicted molar refractivity (Wildman–Crippen MR) is 78.4 cm³/mol. The van der Waals surface area contributed by atoms with Crippen LogP contribution < -0.4 is 4.90 Å². The van der Waals surface area contributed by atoms with Crippen LogP contribution in [0.3, 0.4) is 0 Å². The molecular formula is C16H21NO2. The second-order valence-corrected chi connectivity index (χ2v) is 5.42. The van der Waals surface area contributed by atoms with Gasteiger partial charge in [-0.25, -0.2) is 4.79 Å². The molecule has 0 amide bonds. The summed E-state index contributed by atoms with van der Waals surface area (Å²) in [5.74, 6) is -0.132. The Balaban J connectivity index is 2.29. The SMILES string of the molecule is Cc1ccc(N(C)C(C)C2CC2)c(/C=C/C(=O)O)c1. The van der Waals surface area contributed by atoms with Crippen molar-refractivity contribution < 1.29 is 9.90 Å². The summed E-state index contributed by atoms with van der Waals surface area (Å²) in [5.41, 5.74) is 3.21. The standard InChI is InChI=1S/C16H21NO2/c1-11-4-8-15(14(10-11)7-9-16(18)19)17(3)12(2)13-5-6-13/h4,7-10,12-13H,5-6H2,1-3H3,(H,18,19)/b9-7+. The van der Waals surface area contributed by atoms with Gasteiger partial charge in [-0.2, -0.15) is 0 Å².